The van der Waals surface area contributed by atoms with Crippen LogP contribution >= 0.6 is 0 Å². The van der Waals surface area contributed by atoms with Crippen LogP contribution < -0.4 is 5.06 Å². The zero-order valence-corrected chi connectivity index (χ0v) is 20.9. The van der Waals surface area contributed by atoms with Crippen molar-refractivity contribution in [1.82, 2.24) is 10.1 Å². The Balaban J connectivity index is 1.46. The number of rotatable bonds is 15. The fourth-order valence-corrected chi connectivity index (χ4v) is 4.26. The van der Waals surface area contributed by atoms with Crippen molar-refractivity contribution in [1.29, 1.82) is 0 Å². The summed E-state index contributed by atoms with van der Waals surface area (Å²) in [5.41, 5.74) is 1.08. The minimum atomic E-state index is -4.43. The molecule has 0 spiro atoms. The molecule has 36 heavy (non-hydrogen) atoms. The number of nitrogens with one attached hydrogen (secondary N) is 1. The van der Waals surface area contributed by atoms with Gasteiger partial charge in [0.25, 0.3) is 5.89 Å². The number of unbranched alkanes of at least 4 members (excludes halogenated alkanes) is 8. The lowest BCUT2D eigenvalue weighted by atomic mass is 10.1. The first kappa shape index (κ1) is 27.9. The van der Waals surface area contributed by atoms with Gasteiger partial charge in [-0.25, -0.2) is 0 Å². The SMILES string of the molecule is CCCCCCCCCCCc1noc(-c2cccc(C[NH+]([O-])Cc3cccc(C(F)(F)F)c3)c2)n1. The second kappa shape index (κ2) is 14.1. The predicted molar refractivity (Wildman–Crippen MR) is 134 cm³/mol. The first-order valence-electron chi connectivity index (χ1n) is 12.9. The first-order valence-corrected chi connectivity index (χ1v) is 12.9. The maximum atomic E-state index is 12.9. The van der Waals surface area contributed by atoms with Crippen LogP contribution in [-0.2, 0) is 25.7 Å². The summed E-state index contributed by atoms with van der Waals surface area (Å²) < 4.78 is 44.2. The number of halogens is 3. The van der Waals surface area contributed by atoms with Crippen molar-refractivity contribution >= 4 is 0 Å². The van der Waals surface area contributed by atoms with E-state index in [0.29, 0.717) is 17.3 Å². The molecule has 0 aliphatic rings. The molecule has 3 rings (SSSR count). The van der Waals surface area contributed by atoms with Crippen molar-refractivity contribution in [2.45, 2.75) is 90.4 Å². The molecule has 0 aliphatic heterocycles. The maximum Gasteiger partial charge on any atom is 0.416 e. The van der Waals surface area contributed by atoms with E-state index in [1.165, 1.54) is 57.1 Å². The summed E-state index contributed by atoms with van der Waals surface area (Å²) in [6.45, 7) is 2.29. The minimum absolute atomic E-state index is 0.0579. The molecule has 0 saturated carbocycles. The van der Waals surface area contributed by atoms with Crippen LogP contribution in [0.25, 0.3) is 11.5 Å². The Morgan fingerprint density at radius 3 is 2.11 bits per heavy atom. The monoisotopic (exact) mass is 503 g/mol. The number of hydrogen-bond donors (Lipinski definition) is 1. The number of hydrogen-bond acceptors (Lipinski definition) is 4. The zero-order chi connectivity index (χ0) is 25.8. The van der Waals surface area contributed by atoms with Crippen LogP contribution in [0.5, 0.6) is 0 Å². The second-order valence-electron chi connectivity index (χ2n) is 9.38. The highest BCUT2D eigenvalue weighted by atomic mass is 19.4. The summed E-state index contributed by atoms with van der Waals surface area (Å²) in [5, 5.41) is 16.4. The molecule has 0 amide bonds. The molecule has 1 N–H and O–H groups in total. The molecule has 5 nitrogen and oxygen atoms in total. The van der Waals surface area contributed by atoms with Gasteiger partial charge in [0.1, 0.15) is 13.1 Å². The van der Waals surface area contributed by atoms with E-state index in [-0.39, 0.29) is 18.2 Å². The van der Waals surface area contributed by atoms with Gasteiger partial charge in [-0.3, -0.25) is 0 Å². The van der Waals surface area contributed by atoms with E-state index in [1.807, 2.05) is 24.3 Å². The van der Waals surface area contributed by atoms with Crippen molar-refractivity contribution in [3.8, 4) is 11.5 Å². The van der Waals surface area contributed by atoms with E-state index in [0.717, 1.165) is 42.5 Å². The topological polar surface area (TPSA) is 66.4 Å². The molecular formula is C28H36F3N3O2. The van der Waals surface area contributed by atoms with Gasteiger partial charge >= 0.3 is 6.18 Å². The number of quaternary nitrogens is 1. The third-order valence-electron chi connectivity index (χ3n) is 6.20. The molecule has 2 aromatic carbocycles. The lowest BCUT2D eigenvalue weighted by molar-refractivity contribution is -0.876. The molecule has 0 fully saturated rings. The summed E-state index contributed by atoms with van der Waals surface area (Å²) >= 11 is 0. The molecule has 0 radical (unpaired) electrons. The van der Waals surface area contributed by atoms with E-state index < -0.39 is 11.7 Å². The molecule has 1 atom stereocenters. The number of nitrogens with zero attached hydrogens (tertiary/aromatic N) is 2. The molecule has 0 bridgehead atoms. The summed E-state index contributed by atoms with van der Waals surface area (Å²) in [5.74, 6) is 1.09. The van der Waals surface area contributed by atoms with Gasteiger partial charge in [-0.15, -0.1) is 0 Å². The quantitative estimate of drug-likeness (QED) is 0.181. The fourth-order valence-electron chi connectivity index (χ4n) is 4.26. The van der Waals surface area contributed by atoms with Crippen LogP contribution in [0.4, 0.5) is 13.2 Å². The Morgan fingerprint density at radius 2 is 1.44 bits per heavy atom. The van der Waals surface area contributed by atoms with Crippen molar-refractivity contribution in [3.05, 3.63) is 76.3 Å². The Kier molecular flexibility index (Phi) is 10.9. The van der Waals surface area contributed by atoms with Gasteiger partial charge in [-0.2, -0.15) is 18.2 Å². The molecule has 3 aromatic rings. The lowest BCUT2D eigenvalue weighted by Gasteiger charge is -2.23. The van der Waals surface area contributed by atoms with Crippen molar-refractivity contribution in [2.75, 3.05) is 0 Å². The molecule has 8 heteroatoms. The highest BCUT2D eigenvalue weighted by Gasteiger charge is 2.30. The van der Waals surface area contributed by atoms with Gasteiger partial charge in [-0.1, -0.05) is 87.7 Å². The maximum absolute atomic E-state index is 12.9. The van der Waals surface area contributed by atoms with Crippen LogP contribution in [0.3, 0.4) is 0 Å². The van der Waals surface area contributed by atoms with Crippen LogP contribution in [-0.4, -0.2) is 10.1 Å². The third kappa shape index (κ3) is 9.39. The second-order valence-corrected chi connectivity index (χ2v) is 9.38. The Bertz CT molecular complexity index is 1050. The van der Waals surface area contributed by atoms with Gasteiger partial charge in [0.2, 0.25) is 0 Å². The van der Waals surface area contributed by atoms with E-state index in [4.69, 9.17) is 4.52 Å². The van der Waals surface area contributed by atoms with Crippen LogP contribution in [0.15, 0.2) is 53.1 Å². The number of aryl methyl sites for hydroxylation is 1. The number of alkyl halides is 3. The summed E-state index contributed by atoms with van der Waals surface area (Å²) in [7, 11) is 0. The van der Waals surface area contributed by atoms with Gasteiger partial charge < -0.3 is 14.8 Å². The minimum Gasteiger partial charge on any atom is -0.634 e. The summed E-state index contributed by atoms with van der Waals surface area (Å²) in [6.07, 6.45) is 7.62. The molecule has 0 aliphatic carbocycles. The fraction of sp³-hybridized carbons (Fsp3) is 0.500. The highest BCUT2D eigenvalue weighted by Crippen LogP contribution is 2.29. The normalized spacial score (nSPS) is 12.7. The van der Waals surface area contributed by atoms with Gasteiger partial charge in [0, 0.05) is 23.1 Å². The smallest absolute Gasteiger partial charge is 0.416 e. The molecule has 0 saturated heterocycles. The summed E-state index contributed by atoms with van der Waals surface area (Å²) in [4.78, 5) is 4.50. The number of benzene rings is 2. The third-order valence-corrected chi connectivity index (χ3v) is 6.20. The predicted octanol–water partition coefficient (Wildman–Crippen LogP) is 6.91. The van der Waals surface area contributed by atoms with E-state index in [1.54, 1.807) is 0 Å². The van der Waals surface area contributed by atoms with E-state index in [9.17, 15) is 18.4 Å². The molecule has 1 unspecified atom stereocenters. The average Bonchev–Trinajstić information content (AvgIpc) is 3.32. The Hall–Kier alpha value is -2.71. The van der Waals surface area contributed by atoms with Crippen LogP contribution in [0.2, 0.25) is 0 Å². The standard InChI is InChI=1S/C28H36F3N3O2/c1-2-3-4-5-6-7-8-9-10-17-26-32-27(36-33-26)24-15-11-13-22(18-24)20-34(35)21-23-14-12-16-25(19-23)28(29,30)31/h11-16,18-19,34H,2-10,17,20-21H2,1H3. The molecule has 1 heterocycles. The highest BCUT2D eigenvalue weighted by molar-refractivity contribution is 5.53. The zero-order valence-electron chi connectivity index (χ0n) is 20.9. The molecule has 1 aromatic heterocycles. The summed E-state index contributed by atoms with van der Waals surface area (Å²) in [6, 6.07) is 12.2. The molecular weight excluding hydrogens is 467 g/mol. The van der Waals surface area contributed by atoms with Gasteiger partial charge in [-0.05, 0) is 30.7 Å². The largest absolute Gasteiger partial charge is 0.634 e. The Labute approximate surface area is 211 Å². The van der Waals surface area contributed by atoms with Crippen molar-refractivity contribution in [3.63, 3.8) is 0 Å². The van der Waals surface area contributed by atoms with Crippen molar-refractivity contribution < 1.29 is 22.8 Å². The first-order chi connectivity index (χ1) is 17.3. The average molecular weight is 504 g/mol. The number of aromatic nitrogens is 2. The van der Waals surface area contributed by atoms with E-state index in [2.05, 4.69) is 17.1 Å². The molecule has 196 valence electrons. The van der Waals surface area contributed by atoms with Crippen LogP contribution in [0.1, 0.15) is 87.2 Å². The van der Waals surface area contributed by atoms with Crippen LogP contribution in [0, 0.1) is 5.21 Å². The lowest BCUT2D eigenvalue weighted by Crippen LogP contribution is -3.04. The number of hydroxylamine groups is 2. The van der Waals surface area contributed by atoms with Gasteiger partial charge in [0.15, 0.2) is 5.82 Å². The Morgan fingerprint density at radius 1 is 0.833 bits per heavy atom. The van der Waals surface area contributed by atoms with E-state index >= 15 is 0 Å². The van der Waals surface area contributed by atoms with Gasteiger partial charge in [0.05, 0.1) is 5.56 Å². The van der Waals surface area contributed by atoms with Crippen molar-refractivity contribution in [2.24, 2.45) is 0 Å².